The number of aromatic nitrogens is 2. The monoisotopic (exact) mass is 281 g/mol. The number of anilines is 1. The Labute approximate surface area is 113 Å². The maximum absolute atomic E-state index is 13.1. The largest absolute Gasteiger partial charge is 0.403 e. The Morgan fingerprint density at radius 1 is 1.42 bits per heavy atom. The molecule has 0 radical (unpaired) electrons. The van der Waals surface area contributed by atoms with Crippen molar-refractivity contribution < 1.29 is 13.6 Å². The lowest BCUT2D eigenvalue weighted by atomic mass is 10.2. The average Bonchev–Trinajstić information content (AvgIpc) is 2.96. The maximum atomic E-state index is 13.1. The van der Waals surface area contributed by atoms with Crippen LogP contribution < -0.4 is 4.90 Å². The quantitative estimate of drug-likeness (QED) is 0.792. The highest BCUT2D eigenvalue weighted by molar-refractivity contribution is 6.24. The number of hydrogen-bond acceptors (Lipinski definition) is 4. The number of rotatable bonds is 2. The molecule has 0 bridgehead atoms. The molecular formula is C12H9ClFN3O2. The second kappa shape index (κ2) is 4.62. The van der Waals surface area contributed by atoms with Gasteiger partial charge in [0.2, 0.25) is 11.8 Å². The first-order chi connectivity index (χ1) is 9.13. The summed E-state index contributed by atoms with van der Waals surface area (Å²) in [5, 5.41) is 7.35. The lowest BCUT2D eigenvalue weighted by Gasteiger charge is -2.08. The van der Waals surface area contributed by atoms with Gasteiger partial charge in [0.25, 0.3) is 0 Å². The average molecular weight is 282 g/mol. The number of hydrogen-bond donors (Lipinski definition) is 0. The minimum absolute atomic E-state index is 0.0902. The number of amides is 1. The first kappa shape index (κ1) is 12.1. The lowest BCUT2D eigenvalue weighted by molar-refractivity contribution is -0.117. The molecule has 98 valence electrons. The number of benzene rings is 1. The van der Waals surface area contributed by atoms with Gasteiger partial charge in [0.15, 0.2) is 0 Å². The Bertz CT molecular complexity index is 631. The predicted octanol–water partition coefficient (Wildman–Crippen LogP) is 2.22. The van der Waals surface area contributed by atoms with Gasteiger partial charge in [-0.1, -0.05) is 11.2 Å². The SMILES string of the molecule is O=C1CC(Cl)CN1c1nnc(-c2cccc(F)c2)o1. The minimum Gasteiger partial charge on any atom is -0.403 e. The number of halogens is 2. The van der Waals surface area contributed by atoms with Crippen LogP contribution in [0.3, 0.4) is 0 Å². The van der Waals surface area contributed by atoms with Crippen LogP contribution >= 0.6 is 11.6 Å². The normalized spacial score (nSPS) is 19.2. The van der Waals surface area contributed by atoms with E-state index in [0.29, 0.717) is 12.1 Å². The Balaban J connectivity index is 1.90. The van der Waals surface area contributed by atoms with E-state index >= 15 is 0 Å². The number of carbonyl (C=O) groups excluding carboxylic acids is 1. The van der Waals surface area contributed by atoms with Gasteiger partial charge in [0.05, 0.1) is 5.38 Å². The first-order valence-corrected chi connectivity index (χ1v) is 6.11. The van der Waals surface area contributed by atoms with Gasteiger partial charge >= 0.3 is 6.01 Å². The van der Waals surface area contributed by atoms with Gasteiger partial charge in [0.1, 0.15) is 5.82 Å². The molecule has 1 amide bonds. The van der Waals surface area contributed by atoms with Gasteiger partial charge < -0.3 is 4.42 Å². The molecule has 19 heavy (non-hydrogen) atoms. The molecule has 1 saturated heterocycles. The smallest absolute Gasteiger partial charge is 0.325 e. The third kappa shape index (κ3) is 2.31. The molecule has 0 spiro atoms. The molecule has 1 unspecified atom stereocenters. The fourth-order valence-corrected chi connectivity index (χ4v) is 2.18. The predicted molar refractivity (Wildman–Crippen MR) is 66.3 cm³/mol. The van der Waals surface area contributed by atoms with Gasteiger partial charge in [-0.3, -0.25) is 9.69 Å². The van der Waals surface area contributed by atoms with Crippen LogP contribution in [0.4, 0.5) is 10.4 Å². The third-order valence-electron chi connectivity index (χ3n) is 2.79. The lowest BCUT2D eigenvalue weighted by Crippen LogP contribution is -2.24. The van der Waals surface area contributed by atoms with Crippen LogP contribution in [-0.4, -0.2) is 28.0 Å². The molecule has 0 N–H and O–H groups in total. The van der Waals surface area contributed by atoms with E-state index < -0.39 is 5.82 Å². The summed E-state index contributed by atoms with van der Waals surface area (Å²) in [6.45, 7) is 0.338. The van der Waals surface area contributed by atoms with Crippen LogP contribution in [0.1, 0.15) is 6.42 Å². The number of nitrogens with zero attached hydrogens (tertiary/aromatic N) is 3. The van der Waals surface area contributed by atoms with Crippen molar-refractivity contribution in [2.24, 2.45) is 0 Å². The molecule has 1 aromatic heterocycles. The molecule has 2 aromatic rings. The number of alkyl halides is 1. The van der Waals surface area contributed by atoms with E-state index in [0.717, 1.165) is 0 Å². The Kier molecular flexibility index (Phi) is 2.94. The fraction of sp³-hybridized carbons (Fsp3) is 0.250. The molecular weight excluding hydrogens is 273 g/mol. The highest BCUT2D eigenvalue weighted by Gasteiger charge is 2.32. The molecule has 2 heterocycles. The Morgan fingerprint density at radius 2 is 2.26 bits per heavy atom. The number of carbonyl (C=O) groups is 1. The Hall–Kier alpha value is -1.95. The highest BCUT2D eigenvalue weighted by Crippen LogP contribution is 2.26. The topological polar surface area (TPSA) is 59.2 Å². The van der Waals surface area contributed by atoms with E-state index in [9.17, 15) is 9.18 Å². The van der Waals surface area contributed by atoms with Crippen LogP contribution in [0.5, 0.6) is 0 Å². The van der Waals surface area contributed by atoms with Crippen LogP contribution in [-0.2, 0) is 4.79 Å². The standard InChI is InChI=1S/C12H9ClFN3O2/c13-8-5-10(18)17(6-8)12-16-15-11(19-12)7-2-1-3-9(14)4-7/h1-4,8H,5-6H2. The molecule has 1 aliphatic rings. The van der Waals surface area contributed by atoms with Crippen LogP contribution in [0.25, 0.3) is 11.5 Å². The van der Waals surface area contributed by atoms with Gasteiger partial charge in [-0.05, 0) is 18.2 Å². The fourth-order valence-electron chi connectivity index (χ4n) is 1.91. The van der Waals surface area contributed by atoms with Crippen molar-refractivity contribution in [3.05, 3.63) is 30.1 Å². The molecule has 0 saturated carbocycles. The van der Waals surface area contributed by atoms with Crippen molar-refractivity contribution in [2.45, 2.75) is 11.8 Å². The summed E-state index contributed by atoms with van der Waals surface area (Å²) in [5.74, 6) is -0.384. The summed E-state index contributed by atoms with van der Waals surface area (Å²) in [6, 6.07) is 5.89. The van der Waals surface area contributed by atoms with Crippen LogP contribution in [0.2, 0.25) is 0 Å². The molecule has 1 aromatic carbocycles. The summed E-state index contributed by atoms with van der Waals surface area (Å²) in [6.07, 6.45) is 0.249. The zero-order valence-electron chi connectivity index (χ0n) is 9.72. The minimum atomic E-state index is -0.393. The summed E-state index contributed by atoms with van der Waals surface area (Å²) in [5.41, 5.74) is 0.466. The summed E-state index contributed by atoms with van der Waals surface area (Å²) < 4.78 is 18.5. The molecule has 0 aliphatic carbocycles. The van der Waals surface area contributed by atoms with E-state index in [1.54, 1.807) is 12.1 Å². The molecule has 1 atom stereocenters. The van der Waals surface area contributed by atoms with E-state index in [4.69, 9.17) is 16.0 Å². The van der Waals surface area contributed by atoms with Crippen molar-refractivity contribution in [1.29, 1.82) is 0 Å². The zero-order chi connectivity index (χ0) is 13.4. The Morgan fingerprint density at radius 3 is 2.95 bits per heavy atom. The van der Waals surface area contributed by atoms with Gasteiger partial charge in [-0.2, -0.15) is 0 Å². The van der Waals surface area contributed by atoms with Crippen LogP contribution in [0, 0.1) is 5.82 Å². The van der Waals surface area contributed by atoms with Gasteiger partial charge in [-0.15, -0.1) is 16.7 Å². The van der Waals surface area contributed by atoms with E-state index in [-0.39, 0.29) is 29.6 Å². The molecule has 1 aliphatic heterocycles. The van der Waals surface area contributed by atoms with Crippen molar-refractivity contribution in [3.8, 4) is 11.5 Å². The summed E-state index contributed by atoms with van der Waals surface area (Å²) >= 11 is 5.89. The zero-order valence-corrected chi connectivity index (χ0v) is 10.5. The third-order valence-corrected chi connectivity index (χ3v) is 3.09. The van der Waals surface area contributed by atoms with Crippen molar-refractivity contribution in [3.63, 3.8) is 0 Å². The molecule has 1 fully saturated rings. The molecule has 7 heteroatoms. The molecule has 5 nitrogen and oxygen atoms in total. The summed E-state index contributed by atoms with van der Waals surface area (Å²) in [4.78, 5) is 13.0. The molecule has 3 rings (SSSR count). The second-order valence-corrected chi connectivity index (χ2v) is 4.82. The van der Waals surface area contributed by atoms with E-state index in [1.165, 1.54) is 17.0 Å². The second-order valence-electron chi connectivity index (χ2n) is 4.21. The van der Waals surface area contributed by atoms with Crippen LogP contribution in [0.15, 0.2) is 28.7 Å². The summed E-state index contributed by atoms with van der Waals surface area (Å²) in [7, 11) is 0. The van der Waals surface area contributed by atoms with Gasteiger partial charge in [0, 0.05) is 18.5 Å². The van der Waals surface area contributed by atoms with Crippen molar-refractivity contribution >= 4 is 23.5 Å². The maximum Gasteiger partial charge on any atom is 0.325 e. The first-order valence-electron chi connectivity index (χ1n) is 5.67. The highest BCUT2D eigenvalue weighted by atomic mass is 35.5. The van der Waals surface area contributed by atoms with E-state index in [1.807, 2.05) is 0 Å². The van der Waals surface area contributed by atoms with Gasteiger partial charge in [-0.25, -0.2) is 4.39 Å². The van der Waals surface area contributed by atoms with Crippen molar-refractivity contribution in [2.75, 3.05) is 11.4 Å². The van der Waals surface area contributed by atoms with E-state index in [2.05, 4.69) is 10.2 Å². The van der Waals surface area contributed by atoms with Crippen molar-refractivity contribution in [1.82, 2.24) is 10.2 Å².